The summed E-state index contributed by atoms with van der Waals surface area (Å²) in [5.74, 6) is 2.15. The number of amides is 1. The molecule has 4 heterocycles. The fraction of sp³-hybridized carbons (Fsp3) is 0.423. The fourth-order valence-electron chi connectivity index (χ4n) is 4.81. The summed E-state index contributed by atoms with van der Waals surface area (Å²) >= 11 is 1.67. The maximum Gasteiger partial charge on any atom is 0.234 e. The summed E-state index contributed by atoms with van der Waals surface area (Å²) in [7, 11) is 0. The molecular formula is C26H31N5O2S. The van der Waals surface area contributed by atoms with Crippen molar-refractivity contribution in [3.05, 3.63) is 70.2 Å². The van der Waals surface area contributed by atoms with Gasteiger partial charge in [-0.3, -0.25) is 9.69 Å². The summed E-state index contributed by atoms with van der Waals surface area (Å²) < 4.78 is 6.39. The van der Waals surface area contributed by atoms with Crippen LogP contribution >= 0.6 is 11.3 Å². The van der Waals surface area contributed by atoms with Gasteiger partial charge in [0, 0.05) is 56.2 Å². The number of carbonyl (C=O) groups excluding carboxylic acids is 1. The molecule has 1 fully saturated rings. The highest BCUT2D eigenvalue weighted by molar-refractivity contribution is 7.07. The molecule has 0 aliphatic carbocycles. The Morgan fingerprint density at radius 3 is 2.94 bits per heavy atom. The lowest BCUT2D eigenvalue weighted by Gasteiger charge is -2.33. The first-order valence-corrected chi connectivity index (χ1v) is 12.9. The number of nitrogens with one attached hydrogen (secondary N) is 1. The van der Waals surface area contributed by atoms with E-state index in [1.807, 2.05) is 6.07 Å². The van der Waals surface area contributed by atoms with Gasteiger partial charge in [-0.1, -0.05) is 17.7 Å². The molecular weight excluding hydrogens is 446 g/mol. The average molecular weight is 478 g/mol. The summed E-state index contributed by atoms with van der Waals surface area (Å²) in [6.07, 6.45) is 5.67. The highest BCUT2D eigenvalue weighted by atomic mass is 32.1. The van der Waals surface area contributed by atoms with Crippen molar-refractivity contribution < 1.29 is 9.53 Å². The molecule has 2 unspecified atom stereocenters. The molecule has 3 aromatic rings. The SMILES string of the molecule is Cc1ccc2c(c1)CN(CC(=O)NCC1CCCN(c3ncccn3)C1)CC(c1ccsc1)O2. The summed E-state index contributed by atoms with van der Waals surface area (Å²) in [5.41, 5.74) is 3.50. The zero-order valence-electron chi connectivity index (χ0n) is 19.5. The number of benzene rings is 1. The van der Waals surface area contributed by atoms with Crippen LogP contribution in [-0.2, 0) is 11.3 Å². The van der Waals surface area contributed by atoms with Crippen LogP contribution in [0.2, 0.25) is 0 Å². The van der Waals surface area contributed by atoms with E-state index in [4.69, 9.17) is 4.74 Å². The van der Waals surface area contributed by atoms with Gasteiger partial charge >= 0.3 is 0 Å². The Bertz CT molecular complexity index is 1090. The molecule has 0 bridgehead atoms. The van der Waals surface area contributed by atoms with Gasteiger partial charge in [-0.25, -0.2) is 9.97 Å². The first-order chi connectivity index (χ1) is 16.6. The molecule has 1 amide bonds. The Morgan fingerprint density at radius 1 is 1.24 bits per heavy atom. The molecule has 1 aromatic carbocycles. The monoisotopic (exact) mass is 477 g/mol. The zero-order chi connectivity index (χ0) is 23.3. The minimum atomic E-state index is -0.0826. The quantitative estimate of drug-likeness (QED) is 0.582. The second kappa shape index (κ2) is 10.5. The fourth-order valence-corrected chi connectivity index (χ4v) is 5.52. The van der Waals surface area contributed by atoms with Gasteiger partial charge < -0.3 is 15.0 Å². The van der Waals surface area contributed by atoms with E-state index in [0.717, 1.165) is 48.8 Å². The van der Waals surface area contributed by atoms with Crippen molar-refractivity contribution in [1.29, 1.82) is 0 Å². The summed E-state index contributed by atoms with van der Waals surface area (Å²) in [5, 5.41) is 7.40. The van der Waals surface area contributed by atoms with Crippen LogP contribution in [0.5, 0.6) is 5.75 Å². The number of thiophene rings is 1. The van der Waals surface area contributed by atoms with Crippen molar-refractivity contribution in [2.45, 2.75) is 32.4 Å². The van der Waals surface area contributed by atoms with Gasteiger partial charge in [0.05, 0.1) is 6.54 Å². The van der Waals surface area contributed by atoms with E-state index in [9.17, 15) is 4.79 Å². The van der Waals surface area contributed by atoms with E-state index >= 15 is 0 Å². The molecule has 8 heteroatoms. The smallest absolute Gasteiger partial charge is 0.234 e. The third-order valence-electron chi connectivity index (χ3n) is 6.53. The molecule has 2 aromatic heterocycles. The third-order valence-corrected chi connectivity index (χ3v) is 7.23. The van der Waals surface area contributed by atoms with Crippen LogP contribution in [0.25, 0.3) is 0 Å². The van der Waals surface area contributed by atoms with E-state index in [1.165, 1.54) is 5.56 Å². The number of aromatic nitrogens is 2. The average Bonchev–Trinajstić information content (AvgIpc) is 3.33. The second-order valence-corrected chi connectivity index (χ2v) is 10.0. The zero-order valence-corrected chi connectivity index (χ0v) is 20.3. The number of carbonyl (C=O) groups is 1. The molecule has 1 saturated heterocycles. The maximum absolute atomic E-state index is 13.0. The van der Waals surface area contributed by atoms with Gasteiger partial charge in [-0.15, -0.1) is 0 Å². The number of aryl methyl sites for hydroxylation is 1. The van der Waals surface area contributed by atoms with Crippen molar-refractivity contribution in [2.24, 2.45) is 5.92 Å². The van der Waals surface area contributed by atoms with Gasteiger partial charge in [-0.2, -0.15) is 11.3 Å². The third kappa shape index (κ3) is 5.56. The molecule has 2 aliphatic rings. The first kappa shape index (κ1) is 22.8. The Labute approximate surface area is 204 Å². The van der Waals surface area contributed by atoms with Crippen molar-refractivity contribution in [3.63, 3.8) is 0 Å². The second-order valence-electron chi connectivity index (χ2n) is 9.25. The predicted molar refractivity (Wildman–Crippen MR) is 134 cm³/mol. The Balaban J connectivity index is 1.20. The topological polar surface area (TPSA) is 70.6 Å². The molecule has 0 spiro atoms. The molecule has 5 rings (SSSR count). The van der Waals surface area contributed by atoms with Crippen molar-refractivity contribution >= 4 is 23.2 Å². The number of fused-ring (bicyclic) bond motifs is 1. The number of hydrogen-bond donors (Lipinski definition) is 1. The van der Waals surface area contributed by atoms with Crippen LogP contribution in [0.4, 0.5) is 5.95 Å². The molecule has 0 saturated carbocycles. The minimum Gasteiger partial charge on any atom is -0.484 e. The van der Waals surface area contributed by atoms with Crippen LogP contribution in [0, 0.1) is 12.8 Å². The number of piperidine rings is 1. The largest absolute Gasteiger partial charge is 0.484 e. The number of ether oxygens (including phenoxy) is 1. The van der Waals surface area contributed by atoms with Crippen LogP contribution < -0.4 is 15.0 Å². The van der Waals surface area contributed by atoms with Gasteiger partial charge in [0.15, 0.2) is 0 Å². The molecule has 1 N–H and O–H groups in total. The number of anilines is 1. The summed E-state index contributed by atoms with van der Waals surface area (Å²) in [6, 6.07) is 10.2. The normalized spacial score (nSPS) is 20.8. The van der Waals surface area contributed by atoms with E-state index in [-0.39, 0.29) is 12.0 Å². The van der Waals surface area contributed by atoms with Crippen molar-refractivity contribution in [2.75, 3.05) is 37.6 Å². The van der Waals surface area contributed by atoms with E-state index in [1.54, 1.807) is 23.7 Å². The lowest BCUT2D eigenvalue weighted by molar-refractivity contribution is -0.122. The highest BCUT2D eigenvalue weighted by Gasteiger charge is 2.27. The number of rotatable bonds is 6. The maximum atomic E-state index is 13.0. The molecule has 2 atom stereocenters. The van der Waals surface area contributed by atoms with E-state index in [0.29, 0.717) is 32.1 Å². The Kier molecular flexibility index (Phi) is 7.06. The van der Waals surface area contributed by atoms with Gasteiger partial charge in [0.25, 0.3) is 0 Å². The van der Waals surface area contributed by atoms with Crippen LogP contribution in [0.3, 0.4) is 0 Å². The van der Waals surface area contributed by atoms with Crippen LogP contribution in [-0.4, -0.2) is 53.5 Å². The molecule has 2 aliphatic heterocycles. The van der Waals surface area contributed by atoms with Crippen molar-refractivity contribution in [1.82, 2.24) is 20.2 Å². The molecule has 34 heavy (non-hydrogen) atoms. The Morgan fingerprint density at radius 2 is 2.12 bits per heavy atom. The first-order valence-electron chi connectivity index (χ1n) is 11.9. The lowest BCUT2D eigenvalue weighted by atomic mass is 9.98. The molecule has 7 nitrogen and oxygen atoms in total. The van der Waals surface area contributed by atoms with Gasteiger partial charge in [0.1, 0.15) is 11.9 Å². The summed E-state index contributed by atoms with van der Waals surface area (Å²) in [6.45, 7) is 6.34. The molecule has 0 radical (unpaired) electrons. The standard InChI is InChI=1S/C26H31N5O2S/c1-19-5-6-23-22(12-19)15-30(16-24(33-23)21-7-11-34-18-21)17-25(32)29-13-20-4-2-10-31(14-20)26-27-8-3-9-28-26/h3,5-9,11-12,18,20,24H,2,4,10,13-17H2,1H3,(H,29,32). The predicted octanol–water partition coefficient (Wildman–Crippen LogP) is 3.82. The van der Waals surface area contributed by atoms with Gasteiger partial charge in [-0.05, 0) is 54.6 Å². The van der Waals surface area contributed by atoms with Crippen LogP contribution in [0.15, 0.2) is 53.5 Å². The van der Waals surface area contributed by atoms with Crippen LogP contribution in [0.1, 0.15) is 35.6 Å². The van der Waals surface area contributed by atoms with E-state index in [2.05, 4.69) is 67.0 Å². The number of hydrogen-bond acceptors (Lipinski definition) is 7. The molecule has 178 valence electrons. The van der Waals surface area contributed by atoms with E-state index < -0.39 is 0 Å². The lowest BCUT2D eigenvalue weighted by Crippen LogP contribution is -2.44. The highest BCUT2D eigenvalue weighted by Crippen LogP contribution is 2.32. The Hall–Kier alpha value is -2.97. The number of nitrogens with zero attached hydrogens (tertiary/aromatic N) is 4. The van der Waals surface area contributed by atoms with Crippen molar-refractivity contribution in [3.8, 4) is 5.75 Å². The minimum absolute atomic E-state index is 0.0632. The van der Waals surface area contributed by atoms with Gasteiger partial charge in [0.2, 0.25) is 11.9 Å². The summed E-state index contributed by atoms with van der Waals surface area (Å²) in [4.78, 5) is 26.1.